The maximum atomic E-state index is 13.6. The first kappa shape index (κ1) is 17.9. The van der Waals surface area contributed by atoms with Crippen LogP contribution in [-0.4, -0.2) is 58.0 Å². The summed E-state index contributed by atoms with van der Waals surface area (Å²) in [5.74, 6) is 2.44. The van der Waals surface area contributed by atoms with E-state index in [1.165, 1.54) is 31.4 Å². The minimum Gasteiger partial charge on any atom is -0.340 e. The van der Waals surface area contributed by atoms with Crippen molar-refractivity contribution in [3.05, 3.63) is 28.2 Å². The third kappa shape index (κ3) is 3.05. The van der Waals surface area contributed by atoms with Crippen molar-refractivity contribution in [1.29, 1.82) is 0 Å². The molecule has 1 N–H and O–H groups in total. The minimum atomic E-state index is -0.320. The van der Waals surface area contributed by atoms with E-state index < -0.39 is 0 Å². The number of hydrogen-bond acceptors (Lipinski definition) is 4. The molecular weight excluding hydrogens is 356 g/mol. The predicted octanol–water partition coefficient (Wildman–Crippen LogP) is 1.66. The lowest BCUT2D eigenvalue weighted by molar-refractivity contribution is -0.157. The molecule has 6 rings (SSSR count). The Hall–Kier alpha value is -2.18. The first-order valence-electron chi connectivity index (χ1n) is 10.7. The Morgan fingerprint density at radius 3 is 2.14 bits per heavy atom. The van der Waals surface area contributed by atoms with Crippen LogP contribution >= 0.6 is 0 Å². The van der Waals surface area contributed by atoms with Gasteiger partial charge in [-0.1, -0.05) is 0 Å². The number of hydrogen-bond donors (Lipinski definition) is 1. The number of amides is 2. The molecular formula is C21H28N4O3. The van der Waals surface area contributed by atoms with E-state index in [-0.39, 0.29) is 22.6 Å². The summed E-state index contributed by atoms with van der Waals surface area (Å²) >= 11 is 0. The molecule has 5 fully saturated rings. The molecule has 4 bridgehead atoms. The molecule has 0 aromatic carbocycles. The average molecular weight is 384 g/mol. The molecule has 150 valence electrons. The van der Waals surface area contributed by atoms with E-state index in [0.717, 1.165) is 50.0 Å². The summed E-state index contributed by atoms with van der Waals surface area (Å²) in [4.78, 5) is 41.2. The van der Waals surface area contributed by atoms with Gasteiger partial charge in [0.05, 0.1) is 5.41 Å². The minimum absolute atomic E-state index is 0.117. The number of carbonyl (C=O) groups is 2. The molecule has 1 aromatic rings. The lowest BCUT2D eigenvalue weighted by Crippen LogP contribution is -2.55. The molecule has 7 heteroatoms. The number of rotatable bonds is 2. The Morgan fingerprint density at radius 1 is 0.929 bits per heavy atom. The average Bonchev–Trinajstić information content (AvgIpc) is 2.92. The Labute approximate surface area is 164 Å². The highest BCUT2D eigenvalue weighted by Gasteiger charge is 2.55. The number of aromatic nitrogens is 2. The second kappa shape index (κ2) is 6.71. The van der Waals surface area contributed by atoms with Crippen LogP contribution in [0, 0.1) is 23.2 Å². The van der Waals surface area contributed by atoms with Crippen LogP contribution in [0.2, 0.25) is 0 Å². The largest absolute Gasteiger partial charge is 0.340 e. The highest BCUT2D eigenvalue weighted by atomic mass is 16.2. The van der Waals surface area contributed by atoms with E-state index >= 15 is 0 Å². The van der Waals surface area contributed by atoms with E-state index in [1.54, 1.807) is 4.90 Å². The molecule has 1 aromatic heterocycles. The zero-order chi connectivity index (χ0) is 19.3. The summed E-state index contributed by atoms with van der Waals surface area (Å²) in [5, 5.41) is 6.17. The van der Waals surface area contributed by atoms with Crippen LogP contribution in [0.5, 0.6) is 0 Å². The van der Waals surface area contributed by atoms with Gasteiger partial charge in [-0.3, -0.25) is 14.4 Å². The van der Waals surface area contributed by atoms with Gasteiger partial charge in [0.1, 0.15) is 5.69 Å². The zero-order valence-corrected chi connectivity index (χ0v) is 16.2. The summed E-state index contributed by atoms with van der Waals surface area (Å²) in [5.41, 5.74) is -0.186. The van der Waals surface area contributed by atoms with Gasteiger partial charge < -0.3 is 9.80 Å². The molecule has 7 nitrogen and oxygen atoms in total. The third-order valence-corrected chi connectivity index (χ3v) is 7.46. The van der Waals surface area contributed by atoms with Crippen molar-refractivity contribution in [2.24, 2.45) is 23.2 Å². The van der Waals surface area contributed by atoms with Gasteiger partial charge in [0.25, 0.3) is 11.5 Å². The van der Waals surface area contributed by atoms with Crippen LogP contribution < -0.4 is 5.56 Å². The molecule has 2 amide bonds. The van der Waals surface area contributed by atoms with Gasteiger partial charge in [-0.2, -0.15) is 5.10 Å². The fourth-order valence-corrected chi connectivity index (χ4v) is 6.66. The van der Waals surface area contributed by atoms with Crippen LogP contribution in [0.25, 0.3) is 0 Å². The second-order valence-electron chi connectivity index (χ2n) is 9.44. The summed E-state index contributed by atoms with van der Waals surface area (Å²) in [6, 6.07) is 2.78. The van der Waals surface area contributed by atoms with Gasteiger partial charge in [-0.25, -0.2) is 5.10 Å². The first-order valence-corrected chi connectivity index (χ1v) is 10.7. The number of nitrogens with zero attached hydrogens (tertiary/aromatic N) is 3. The van der Waals surface area contributed by atoms with Crippen molar-refractivity contribution in [3.8, 4) is 0 Å². The molecule has 0 radical (unpaired) electrons. The molecule has 4 aliphatic carbocycles. The van der Waals surface area contributed by atoms with Crippen molar-refractivity contribution in [2.75, 3.05) is 26.2 Å². The number of carbonyl (C=O) groups excluding carboxylic acids is 2. The van der Waals surface area contributed by atoms with Gasteiger partial charge in [0, 0.05) is 32.2 Å². The van der Waals surface area contributed by atoms with E-state index in [4.69, 9.17) is 0 Å². The van der Waals surface area contributed by atoms with E-state index in [0.29, 0.717) is 25.5 Å². The van der Waals surface area contributed by atoms with E-state index in [9.17, 15) is 14.4 Å². The van der Waals surface area contributed by atoms with Crippen molar-refractivity contribution in [3.63, 3.8) is 0 Å². The molecule has 0 unspecified atom stereocenters. The zero-order valence-electron chi connectivity index (χ0n) is 16.2. The van der Waals surface area contributed by atoms with E-state index in [2.05, 4.69) is 10.2 Å². The van der Waals surface area contributed by atoms with Crippen molar-refractivity contribution >= 4 is 11.8 Å². The fourth-order valence-electron chi connectivity index (χ4n) is 6.66. The smallest absolute Gasteiger partial charge is 0.274 e. The SMILES string of the molecule is O=C(c1ccc(=O)[nH]n1)N1CCCN(C(=O)C23CC4CC(CC(C4)C2)C3)CC1. The summed E-state index contributed by atoms with van der Waals surface area (Å²) in [6.45, 7) is 2.46. The first-order chi connectivity index (χ1) is 13.5. The van der Waals surface area contributed by atoms with Crippen LogP contribution in [-0.2, 0) is 4.79 Å². The van der Waals surface area contributed by atoms with Gasteiger partial charge in [0.15, 0.2) is 0 Å². The molecule has 28 heavy (non-hydrogen) atoms. The summed E-state index contributed by atoms with van der Waals surface area (Å²) < 4.78 is 0. The third-order valence-electron chi connectivity index (χ3n) is 7.46. The molecule has 1 aliphatic heterocycles. The standard InChI is InChI=1S/C21H28N4O3/c26-18-3-2-17(22-23-18)19(27)24-4-1-5-25(7-6-24)20(28)21-11-14-8-15(12-21)10-16(9-14)13-21/h2-3,14-16H,1,4-13H2,(H,23,26). The van der Waals surface area contributed by atoms with Crippen LogP contribution in [0.4, 0.5) is 0 Å². The van der Waals surface area contributed by atoms with Gasteiger partial charge >= 0.3 is 0 Å². The van der Waals surface area contributed by atoms with Gasteiger partial charge in [0.2, 0.25) is 5.91 Å². The maximum Gasteiger partial charge on any atom is 0.274 e. The van der Waals surface area contributed by atoms with Crippen LogP contribution in [0.15, 0.2) is 16.9 Å². The van der Waals surface area contributed by atoms with Crippen LogP contribution in [0.3, 0.4) is 0 Å². The lowest BCUT2D eigenvalue weighted by Gasteiger charge is -2.56. The summed E-state index contributed by atoms with van der Waals surface area (Å²) in [7, 11) is 0. The maximum absolute atomic E-state index is 13.6. The molecule has 1 saturated heterocycles. The Morgan fingerprint density at radius 2 is 1.54 bits per heavy atom. The number of nitrogens with one attached hydrogen (secondary N) is 1. The van der Waals surface area contributed by atoms with Gasteiger partial charge in [-0.05, 0) is 68.8 Å². The van der Waals surface area contributed by atoms with Crippen molar-refractivity contribution in [1.82, 2.24) is 20.0 Å². The van der Waals surface area contributed by atoms with Gasteiger partial charge in [-0.15, -0.1) is 0 Å². The predicted molar refractivity (Wildman–Crippen MR) is 103 cm³/mol. The van der Waals surface area contributed by atoms with E-state index in [1.807, 2.05) is 4.90 Å². The quantitative estimate of drug-likeness (QED) is 0.840. The molecule has 2 heterocycles. The van der Waals surface area contributed by atoms with Crippen molar-refractivity contribution < 1.29 is 9.59 Å². The monoisotopic (exact) mass is 384 g/mol. The lowest BCUT2D eigenvalue weighted by atomic mass is 9.49. The summed E-state index contributed by atoms with van der Waals surface area (Å²) in [6.07, 6.45) is 8.03. The number of H-pyrrole nitrogens is 1. The molecule has 4 saturated carbocycles. The molecule has 0 spiro atoms. The highest BCUT2D eigenvalue weighted by molar-refractivity contribution is 5.92. The molecule has 5 aliphatic rings. The normalized spacial score (nSPS) is 34.4. The van der Waals surface area contributed by atoms with Crippen molar-refractivity contribution in [2.45, 2.75) is 44.9 Å². The fraction of sp³-hybridized carbons (Fsp3) is 0.714. The topological polar surface area (TPSA) is 86.4 Å². The molecule has 0 atom stereocenters. The number of aromatic amines is 1. The Bertz CT molecular complexity index is 793. The second-order valence-corrected chi connectivity index (χ2v) is 9.44. The Kier molecular flexibility index (Phi) is 4.29. The highest BCUT2D eigenvalue weighted by Crippen LogP contribution is 2.60. The van der Waals surface area contributed by atoms with Crippen LogP contribution in [0.1, 0.15) is 55.4 Å². The Balaban J connectivity index is 1.27.